The molecule has 3 aromatic rings. The molecule has 2 aromatic heterocycles. The number of carbonyl (C=O) groups excluding carboxylic acids is 1. The van der Waals surface area contributed by atoms with Crippen LogP contribution in [0.5, 0.6) is 0 Å². The van der Waals surface area contributed by atoms with Gasteiger partial charge in [0.25, 0.3) is 5.91 Å². The van der Waals surface area contributed by atoms with Crippen LogP contribution < -0.4 is 10.6 Å². The third-order valence-electron chi connectivity index (χ3n) is 11.7. The maximum absolute atomic E-state index is 14.8. The Morgan fingerprint density at radius 3 is 2.35 bits per heavy atom. The SMILES string of the molecule is N#Cc1c2c(nn1C1CCC(C3CCCCCC3)CC1)CN(C1CC1)C(=O)c1ccc(F)cc1[C@H]1CCCN1c1cc-2cnc1N. The number of nitrogens with two attached hydrogens (primary N) is 1. The van der Waals surface area contributed by atoms with Crippen LogP contribution in [-0.4, -0.2) is 38.2 Å². The van der Waals surface area contributed by atoms with Crippen LogP contribution in [0.4, 0.5) is 15.9 Å². The first-order valence-electron chi connectivity index (χ1n) is 17.6. The Morgan fingerprint density at radius 1 is 0.870 bits per heavy atom. The fourth-order valence-electron chi connectivity index (χ4n) is 9.15. The predicted octanol–water partition coefficient (Wildman–Crippen LogP) is 7.70. The summed E-state index contributed by atoms with van der Waals surface area (Å²) in [5.41, 5.74) is 11.3. The van der Waals surface area contributed by atoms with Crippen LogP contribution in [0.3, 0.4) is 0 Å². The van der Waals surface area contributed by atoms with Gasteiger partial charge in [-0.2, -0.15) is 10.4 Å². The topological polar surface area (TPSA) is 104 Å². The predicted molar refractivity (Wildman–Crippen MR) is 175 cm³/mol. The van der Waals surface area contributed by atoms with E-state index in [1.807, 2.05) is 15.6 Å². The molecular formula is C37H44FN7O. The smallest absolute Gasteiger partial charge is 0.254 e. The highest BCUT2D eigenvalue weighted by molar-refractivity contribution is 5.97. The van der Waals surface area contributed by atoms with E-state index < -0.39 is 0 Å². The lowest BCUT2D eigenvalue weighted by Crippen LogP contribution is -2.35. The zero-order valence-corrected chi connectivity index (χ0v) is 26.6. The normalized spacial score (nSPS) is 25.5. The molecule has 1 atom stereocenters. The highest BCUT2D eigenvalue weighted by Gasteiger charge is 2.40. The molecule has 0 radical (unpaired) electrons. The number of anilines is 2. The molecular weight excluding hydrogens is 577 g/mol. The van der Waals surface area contributed by atoms with Gasteiger partial charge >= 0.3 is 0 Å². The summed E-state index contributed by atoms with van der Waals surface area (Å²) >= 11 is 0. The molecule has 1 saturated heterocycles. The number of nitriles is 1. The Bertz CT molecular complexity index is 1670. The lowest BCUT2D eigenvalue weighted by Gasteiger charge is -2.34. The maximum atomic E-state index is 14.8. The van der Waals surface area contributed by atoms with Gasteiger partial charge in [0.15, 0.2) is 0 Å². The monoisotopic (exact) mass is 621 g/mol. The molecule has 3 saturated carbocycles. The summed E-state index contributed by atoms with van der Waals surface area (Å²) in [6, 6.07) is 9.21. The molecule has 1 aromatic carbocycles. The van der Waals surface area contributed by atoms with Crippen molar-refractivity contribution in [1.82, 2.24) is 19.7 Å². The van der Waals surface area contributed by atoms with Crippen LogP contribution in [0.15, 0.2) is 30.5 Å². The number of hydrogen-bond donors (Lipinski definition) is 1. The van der Waals surface area contributed by atoms with Crippen LogP contribution in [0.1, 0.15) is 129 Å². The van der Waals surface area contributed by atoms with Crippen molar-refractivity contribution in [1.29, 1.82) is 5.26 Å². The summed E-state index contributed by atoms with van der Waals surface area (Å²) in [6.45, 7) is 1.01. The molecule has 4 heterocycles. The number of nitrogen functional groups attached to an aromatic ring is 1. The zero-order valence-electron chi connectivity index (χ0n) is 26.6. The van der Waals surface area contributed by atoms with Crippen molar-refractivity contribution in [3.63, 3.8) is 0 Å². The number of pyridine rings is 1. The van der Waals surface area contributed by atoms with Gasteiger partial charge in [0.1, 0.15) is 23.4 Å². The molecule has 0 unspecified atom stereocenters. The fraction of sp³-hybridized carbons (Fsp3) is 0.568. The Morgan fingerprint density at radius 2 is 1.61 bits per heavy atom. The summed E-state index contributed by atoms with van der Waals surface area (Å²) in [5, 5.41) is 15.9. The van der Waals surface area contributed by atoms with Crippen molar-refractivity contribution in [2.24, 2.45) is 11.8 Å². The first-order valence-corrected chi connectivity index (χ1v) is 17.6. The number of benzene rings is 1. The molecule has 46 heavy (non-hydrogen) atoms. The summed E-state index contributed by atoms with van der Waals surface area (Å²) in [6.07, 6.45) is 17.9. The average molecular weight is 622 g/mol. The quantitative estimate of drug-likeness (QED) is 0.301. The number of fused-ring (bicyclic) bond motifs is 8. The van der Waals surface area contributed by atoms with Crippen molar-refractivity contribution in [2.45, 2.75) is 115 Å². The second-order valence-electron chi connectivity index (χ2n) is 14.4. The summed E-state index contributed by atoms with van der Waals surface area (Å²) in [7, 11) is 0. The number of rotatable bonds is 3. The van der Waals surface area contributed by atoms with Gasteiger partial charge in [0, 0.05) is 35.5 Å². The maximum Gasteiger partial charge on any atom is 0.254 e. The van der Waals surface area contributed by atoms with Crippen LogP contribution in [0, 0.1) is 29.0 Å². The number of nitrogens with zero attached hydrogens (tertiary/aromatic N) is 6. The number of halogens is 1. The minimum atomic E-state index is -0.350. The van der Waals surface area contributed by atoms with E-state index >= 15 is 0 Å². The molecule has 4 fully saturated rings. The first kappa shape index (κ1) is 29.5. The molecule has 9 heteroatoms. The minimum absolute atomic E-state index is 0.0948. The largest absolute Gasteiger partial charge is 0.382 e. The van der Waals surface area contributed by atoms with Gasteiger partial charge in [-0.25, -0.2) is 9.37 Å². The first-order chi connectivity index (χ1) is 22.5. The van der Waals surface area contributed by atoms with Gasteiger partial charge in [0.05, 0.1) is 30.0 Å². The van der Waals surface area contributed by atoms with E-state index in [-0.39, 0.29) is 29.8 Å². The van der Waals surface area contributed by atoms with Gasteiger partial charge in [-0.1, -0.05) is 38.5 Å². The van der Waals surface area contributed by atoms with E-state index in [0.29, 0.717) is 29.2 Å². The molecule has 8 rings (SSSR count). The molecule has 2 bridgehead atoms. The summed E-state index contributed by atoms with van der Waals surface area (Å²) in [4.78, 5) is 23.2. The van der Waals surface area contributed by atoms with Gasteiger partial charge in [-0.15, -0.1) is 0 Å². The molecule has 1 amide bonds. The van der Waals surface area contributed by atoms with E-state index in [4.69, 9.17) is 10.8 Å². The third-order valence-corrected chi connectivity index (χ3v) is 11.7. The lowest BCUT2D eigenvalue weighted by molar-refractivity contribution is 0.0725. The highest BCUT2D eigenvalue weighted by Crippen LogP contribution is 2.45. The number of carbonyl (C=O) groups is 1. The van der Waals surface area contributed by atoms with Crippen LogP contribution in [0.2, 0.25) is 0 Å². The van der Waals surface area contributed by atoms with E-state index in [9.17, 15) is 14.4 Å². The van der Waals surface area contributed by atoms with Crippen molar-refractivity contribution < 1.29 is 9.18 Å². The summed E-state index contributed by atoms with van der Waals surface area (Å²) in [5.74, 6) is 1.54. The molecule has 8 nitrogen and oxygen atoms in total. The molecule has 2 aliphatic heterocycles. The Balaban J connectivity index is 1.22. The highest BCUT2D eigenvalue weighted by atomic mass is 19.1. The third kappa shape index (κ3) is 5.24. The number of amides is 1. The van der Waals surface area contributed by atoms with Crippen molar-refractivity contribution in [2.75, 3.05) is 17.2 Å². The number of hydrogen-bond acceptors (Lipinski definition) is 6. The fourth-order valence-corrected chi connectivity index (χ4v) is 9.15. The van der Waals surface area contributed by atoms with Crippen molar-refractivity contribution >= 4 is 17.4 Å². The van der Waals surface area contributed by atoms with Gasteiger partial charge in [-0.3, -0.25) is 9.48 Å². The van der Waals surface area contributed by atoms with Gasteiger partial charge < -0.3 is 15.5 Å². The van der Waals surface area contributed by atoms with Crippen molar-refractivity contribution in [3.8, 4) is 17.2 Å². The van der Waals surface area contributed by atoms with Gasteiger partial charge in [0.2, 0.25) is 0 Å². The van der Waals surface area contributed by atoms with Crippen LogP contribution in [-0.2, 0) is 6.54 Å². The van der Waals surface area contributed by atoms with Crippen LogP contribution >= 0.6 is 0 Å². The van der Waals surface area contributed by atoms with Crippen molar-refractivity contribution in [3.05, 3.63) is 58.8 Å². The molecule has 5 aliphatic rings. The Kier molecular flexibility index (Phi) is 7.70. The van der Waals surface area contributed by atoms with E-state index in [1.165, 1.54) is 63.5 Å². The summed E-state index contributed by atoms with van der Waals surface area (Å²) < 4.78 is 16.8. The van der Waals surface area contributed by atoms with Crippen LogP contribution in [0.25, 0.3) is 11.1 Å². The molecule has 3 aliphatic carbocycles. The molecule has 240 valence electrons. The minimum Gasteiger partial charge on any atom is -0.382 e. The van der Waals surface area contributed by atoms with E-state index in [0.717, 1.165) is 79.4 Å². The zero-order chi connectivity index (χ0) is 31.4. The second kappa shape index (κ2) is 12.0. The molecule has 2 N–H and O–H groups in total. The molecule has 0 spiro atoms. The van der Waals surface area contributed by atoms with Gasteiger partial charge in [-0.05, 0) is 93.0 Å². The van der Waals surface area contributed by atoms with E-state index in [2.05, 4.69) is 16.0 Å². The average Bonchev–Trinajstić information content (AvgIpc) is 3.77. The standard InChI is InChI=1S/C37H44FN7O/c38-26-11-16-29-30(19-26)32-8-5-17-43(32)33-18-25(21-41-36(33)40)35-31(22-44(37(29)46)27-14-15-27)42-45(34(35)20-39)28-12-9-24(10-13-28)23-6-3-1-2-4-7-23/h11,16,18-19,21,23-24,27-28,32H,1-10,12-15,17,22H2,(H2,40,41)/t24?,28?,32-/m1/s1. The Labute approximate surface area is 270 Å². The lowest BCUT2D eigenvalue weighted by atomic mass is 9.75. The van der Waals surface area contributed by atoms with E-state index in [1.54, 1.807) is 12.3 Å². The second-order valence-corrected chi connectivity index (χ2v) is 14.4. The number of aromatic nitrogens is 3. The Hall–Kier alpha value is -3.93.